The van der Waals surface area contributed by atoms with Crippen molar-refractivity contribution in [2.24, 2.45) is 5.73 Å². The summed E-state index contributed by atoms with van der Waals surface area (Å²) in [5, 5.41) is 0. The Morgan fingerprint density at radius 3 is 2.38 bits per heavy atom. The molecule has 2 aromatic rings. The first-order valence-corrected chi connectivity index (χ1v) is 6.85. The number of para-hydroxylation sites is 1. The van der Waals surface area contributed by atoms with Gasteiger partial charge in [0.1, 0.15) is 11.9 Å². The van der Waals surface area contributed by atoms with Crippen molar-refractivity contribution in [3.05, 3.63) is 59.4 Å². The van der Waals surface area contributed by atoms with Gasteiger partial charge in [0.2, 0.25) is 0 Å². The third-order valence-electron chi connectivity index (χ3n) is 3.33. The summed E-state index contributed by atoms with van der Waals surface area (Å²) in [4.78, 5) is 0. The molecule has 2 unspecified atom stereocenters. The fourth-order valence-corrected chi connectivity index (χ4v) is 2.20. The number of hydrogen-bond acceptors (Lipinski definition) is 3. The van der Waals surface area contributed by atoms with Crippen LogP contribution in [0.5, 0.6) is 11.5 Å². The zero-order valence-electron chi connectivity index (χ0n) is 12.5. The van der Waals surface area contributed by atoms with E-state index in [1.165, 1.54) is 0 Å². The molecule has 3 nitrogen and oxygen atoms in total. The van der Waals surface area contributed by atoms with E-state index in [9.17, 15) is 4.39 Å². The highest BCUT2D eigenvalue weighted by atomic mass is 19.1. The van der Waals surface area contributed by atoms with Crippen LogP contribution < -0.4 is 15.2 Å². The van der Waals surface area contributed by atoms with Gasteiger partial charge in [0.25, 0.3) is 0 Å². The van der Waals surface area contributed by atoms with Gasteiger partial charge in [0, 0.05) is 11.6 Å². The Hall–Kier alpha value is -2.07. The van der Waals surface area contributed by atoms with Crippen LogP contribution >= 0.6 is 0 Å². The van der Waals surface area contributed by atoms with E-state index in [0.717, 1.165) is 5.56 Å². The molecule has 112 valence electrons. The molecule has 0 heterocycles. The molecule has 2 rings (SSSR count). The number of halogens is 1. The zero-order valence-corrected chi connectivity index (χ0v) is 12.5. The molecule has 0 radical (unpaired) electrons. The molecule has 0 saturated carbocycles. The average molecular weight is 289 g/mol. The molecule has 0 aromatic heterocycles. The highest BCUT2D eigenvalue weighted by Gasteiger charge is 2.23. The molecular formula is C17H20FNO2. The van der Waals surface area contributed by atoms with Gasteiger partial charge in [-0.3, -0.25) is 0 Å². The molecule has 0 spiro atoms. The minimum atomic E-state index is -0.488. The monoisotopic (exact) mass is 289 g/mol. The summed E-state index contributed by atoms with van der Waals surface area (Å²) in [5.74, 6) is 0.508. The third kappa shape index (κ3) is 3.34. The van der Waals surface area contributed by atoms with Crippen LogP contribution in [0.25, 0.3) is 0 Å². The largest absolute Gasteiger partial charge is 0.496 e. The van der Waals surface area contributed by atoms with Crippen molar-refractivity contribution in [3.63, 3.8) is 0 Å². The molecular weight excluding hydrogens is 269 g/mol. The molecule has 2 atom stereocenters. The fourth-order valence-electron chi connectivity index (χ4n) is 2.20. The highest BCUT2D eigenvalue weighted by molar-refractivity contribution is 5.38. The molecule has 2 N–H and O–H groups in total. The van der Waals surface area contributed by atoms with Crippen LogP contribution in [0.3, 0.4) is 0 Å². The summed E-state index contributed by atoms with van der Waals surface area (Å²) in [7, 11) is 1.59. The lowest BCUT2D eigenvalue weighted by molar-refractivity contribution is 0.168. The number of nitrogens with two attached hydrogens (primary N) is 1. The van der Waals surface area contributed by atoms with Gasteiger partial charge >= 0.3 is 0 Å². The summed E-state index contributed by atoms with van der Waals surface area (Å²) < 4.78 is 25.3. The summed E-state index contributed by atoms with van der Waals surface area (Å²) >= 11 is 0. The Balaban J connectivity index is 2.38. The van der Waals surface area contributed by atoms with Crippen LogP contribution in [-0.4, -0.2) is 13.2 Å². The zero-order chi connectivity index (χ0) is 15.4. The molecule has 0 aliphatic carbocycles. The van der Waals surface area contributed by atoms with Crippen LogP contribution in [0, 0.1) is 12.7 Å². The molecule has 0 aliphatic heterocycles. The van der Waals surface area contributed by atoms with E-state index in [4.69, 9.17) is 15.2 Å². The van der Waals surface area contributed by atoms with Gasteiger partial charge in [-0.25, -0.2) is 4.39 Å². The van der Waals surface area contributed by atoms with Crippen LogP contribution in [0.2, 0.25) is 0 Å². The Labute approximate surface area is 124 Å². The van der Waals surface area contributed by atoms with Crippen molar-refractivity contribution in [3.8, 4) is 11.5 Å². The molecule has 0 fully saturated rings. The van der Waals surface area contributed by atoms with Gasteiger partial charge in [0.05, 0.1) is 7.11 Å². The van der Waals surface area contributed by atoms with Crippen LogP contribution in [0.4, 0.5) is 4.39 Å². The van der Waals surface area contributed by atoms with Crippen molar-refractivity contribution in [2.75, 3.05) is 7.11 Å². The Morgan fingerprint density at radius 2 is 1.71 bits per heavy atom. The second kappa shape index (κ2) is 6.59. The normalized spacial score (nSPS) is 13.6. The van der Waals surface area contributed by atoms with Gasteiger partial charge < -0.3 is 15.2 Å². The van der Waals surface area contributed by atoms with Gasteiger partial charge in [0.15, 0.2) is 11.6 Å². The summed E-state index contributed by atoms with van der Waals surface area (Å²) in [6, 6.07) is 12.2. The van der Waals surface area contributed by atoms with E-state index < -0.39 is 6.10 Å². The quantitative estimate of drug-likeness (QED) is 0.914. The molecule has 0 saturated heterocycles. The first-order chi connectivity index (χ1) is 10.0. The number of hydrogen-bond donors (Lipinski definition) is 1. The van der Waals surface area contributed by atoms with E-state index in [2.05, 4.69) is 0 Å². The van der Waals surface area contributed by atoms with Crippen molar-refractivity contribution >= 4 is 0 Å². The van der Waals surface area contributed by atoms with Gasteiger partial charge in [-0.1, -0.05) is 30.3 Å². The third-order valence-corrected chi connectivity index (χ3v) is 3.33. The summed E-state index contributed by atoms with van der Waals surface area (Å²) in [5.41, 5.74) is 7.36. The second-order valence-corrected chi connectivity index (χ2v) is 5.03. The van der Waals surface area contributed by atoms with Crippen LogP contribution in [-0.2, 0) is 0 Å². The van der Waals surface area contributed by atoms with Crippen molar-refractivity contribution in [1.82, 2.24) is 0 Å². The number of benzene rings is 2. The molecule has 0 amide bonds. The Morgan fingerprint density at radius 1 is 1.05 bits per heavy atom. The van der Waals surface area contributed by atoms with E-state index in [-0.39, 0.29) is 17.6 Å². The first kappa shape index (κ1) is 15.3. The molecule has 0 bridgehead atoms. The van der Waals surface area contributed by atoms with Crippen molar-refractivity contribution < 1.29 is 13.9 Å². The van der Waals surface area contributed by atoms with Crippen molar-refractivity contribution in [2.45, 2.75) is 26.0 Å². The van der Waals surface area contributed by atoms with Gasteiger partial charge in [-0.2, -0.15) is 0 Å². The molecule has 0 aliphatic rings. The summed E-state index contributed by atoms with van der Waals surface area (Å²) in [6.45, 7) is 3.52. The fraction of sp³-hybridized carbons (Fsp3) is 0.294. The Kier molecular flexibility index (Phi) is 4.81. The maximum Gasteiger partial charge on any atom is 0.167 e. The number of rotatable bonds is 5. The van der Waals surface area contributed by atoms with Gasteiger partial charge in [-0.05, 0) is 31.5 Å². The smallest absolute Gasteiger partial charge is 0.167 e. The highest BCUT2D eigenvalue weighted by Crippen LogP contribution is 2.32. The maximum absolute atomic E-state index is 14.1. The topological polar surface area (TPSA) is 44.5 Å². The SMILES string of the molecule is COc1ccccc1C(Oc1cccc(C)c1F)C(C)N. The number of methoxy groups -OCH3 is 1. The second-order valence-electron chi connectivity index (χ2n) is 5.03. The predicted molar refractivity (Wildman–Crippen MR) is 81.1 cm³/mol. The molecule has 4 heteroatoms. The average Bonchev–Trinajstić information content (AvgIpc) is 2.48. The lowest BCUT2D eigenvalue weighted by Gasteiger charge is -2.25. The Bertz CT molecular complexity index is 613. The van der Waals surface area contributed by atoms with Crippen molar-refractivity contribution in [1.29, 1.82) is 0 Å². The van der Waals surface area contributed by atoms with E-state index in [0.29, 0.717) is 11.3 Å². The first-order valence-electron chi connectivity index (χ1n) is 6.85. The molecule has 21 heavy (non-hydrogen) atoms. The molecule has 2 aromatic carbocycles. The minimum Gasteiger partial charge on any atom is -0.496 e. The number of ether oxygens (including phenoxy) is 2. The van der Waals surface area contributed by atoms with E-state index >= 15 is 0 Å². The van der Waals surface area contributed by atoms with E-state index in [1.54, 1.807) is 32.2 Å². The lowest BCUT2D eigenvalue weighted by Crippen LogP contribution is -2.29. The van der Waals surface area contributed by atoms with Crippen LogP contribution in [0.15, 0.2) is 42.5 Å². The lowest BCUT2D eigenvalue weighted by atomic mass is 10.0. The van der Waals surface area contributed by atoms with Crippen LogP contribution in [0.1, 0.15) is 24.2 Å². The maximum atomic E-state index is 14.1. The summed E-state index contributed by atoms with van der Waals surface area (Å²) in [6.07, 6.45) is -0.488. The van der Waals surface area contributed by atoms with Gasteiger partial charge in [-0.15, -0.1) is 0 Å². The van der Waals surface area contributed by atoms with E-state index in [1.807, 2.05) is 31.2 Å². The number of aryl methyl sites for hydroxylation is 1. The standard InChI is InChI=1S/C17H20FNO2/c1-11-7-6-10-15(16(11)18)21-17(12(2)19)13-8-4-5-9-14(13)20-3/h4-10,12,17H,19H2,1-3H3. The minimum absolute atomic E-state index is 0.197. The predicted octanol–water partition coefficient (Wildman–Crippen LogP) is 3.61.